The summed E-state index contributed by atoms with van der Waals surface area (Å²) >= 11 is 0. The van der Waals surface area contributed by atoms with Crippen LogP contribution in [-0.4, -0.2) is 18.3 Å². The Kier molecular flexibility index (Phi) is 4.83. The molecule has 0 fully saturated rings. The van der Waals surface area contributed by atoms with E-state index < -0.39 is 12.2 Å². The van der Waals surface area contributed by atoms with Gasteiger partial charge in [0.05, 0.1) is 19.0 Å². The topological polar surface area (TPSA) is 48.1 Å². The number of nitrogens with zero attached hydrogens (tertiary/aromatic N) is 1. The van der Waals surface area contributed by atoms with Gasteiger partial charge < -0.3 is 10.5 Å². The van der Waals surface area contributed by atoms with Crippen LogP contribution in [0.2, 0.25) is 0 Å². The van der Waals surface area contributed by atoms with E-state index >= 15 is 0 Å². The number of pyridine rings is 1. The van der Waals surface area contributed by atoms with Crippen LogP contribution in [0.25, 0.3) is 0 Å². The van der Waals surface area contributed by atoms with Crippen molar-refractivity contribution in [3.63, 3.8) is 0 Å². The first-order valence-corrected chi connectivity index (χ1v) is 3.77. The lowest BCUT2D eigenvalue weighted by Crippen LogP contribution is -2.29. The average Bonchev–Trinajstić information content (AvgIpc) is 2.15. The maximum absolute atomic E-state index is 12.1. The number of nitrogens with two attached hydrogens (primary N) is 1. The first-order valence-electron chi connectivity index (χ1n) is 3.77. The van der Waals surface area contributed by atoms with Crippen LogP contribution >= 0.6 is 12.4 Å². The number of hydrogen-bond donors (Lipinski definition) is 1. The van der Waals surface area contributed by atoms with Crippen molar-refractivity contribution in [2.75, 3.05) is 7.11 Å². The monoisotopic (exact) mass is 242 g/mol. The molecule has 1 rings (SSSR count). The summed E-state index contributed by atoms with van der Waals surface area (Å²) in [5, 5.41) is 0. The molecule has 1 aromatic heterocycles. The normalized spacial score (nSPS) is 12.9. The third-order valence-corrected chi connectivity index (χ3v) is 1.67. The number of methoxy groups -OCH3 is 1. The zero-order valence-corrected chi connectivity index (χ0v) is 8.60. The standard InChI is InChI=1S/C8H9F3N2O.ClH/c1-14-5-2-3-6(13-4-5)7(12)8(9,10)11;/h2-4,7H,12H2,1H3;1H. The van der Waals surface area contributed by atoms with Crippen LogP contribution in [0.4, 0.5) is 13.2 Å². The minimum atomic E-state index is -4.47. The molecule has 7 heteroatoms. The molecule has 1 heterocycles. The lowest BCUT2D eigenvalue weighted by Gasteiger charge is -2.14. The van der Waals surface area contributed by atoms with Gasteiger partial charge in [-0.3, -0.25) is 4.98 Å². The van der Waals surface area contributed by atoms with E-state index in [2.05, 4.69) is 4.98 Å². The highest BCUT2D eigenvalue weighted by Crippen LogP contribution is 2.29. The van der Waals surface area contributed by atoms with Crippen molar-refractivity contribution in [3.05, 3.63) is 24.0 Å². The summed E-state index contributed by atoms with van der Waals surface area (Å²) in [7, 11) is 1.40. The highest BCUT2D eigenvalue weighted by Gasteiger charge is 2.38. The fraction of sp³-hybridized carbons (Fsp3) is 0.375. The second-order valence-electron chi connectivity index (χ2n) is 2.64. The third kappa shape index (κ3) is 3.56. The average molecular weight is 243 g/mol. The molecule has 3 nitrogen and oxygen atoms in total. The summed E-state index contributed by atoms with van der Waals surface area (Å²) in [5.41, 5.74) is 4.71. The van der Waals surface area contributed by atoms with Crippen molar-refractivity contribution in [2.45, 2.75) is 12.2 Å². The zero-order chi connectivity index (χ0) is 10.8. The molecular formula is C8H10ClF3N2O. The van der Waals surface area contributed by atoms with Crippen molar-refractivity contribution in [2.24, 2.45) is 5.73 Å². The Morgan fingerprint density at radius 3 is 2.33 bits per heavy atom. The molecule has 86 valence electrons. The highest BCUT2D eigenvalue weighted by atomic mass is 35.5. The van der Waals surface area contributed by atoms with Crippen LogP contribution in [0, 0.1) is 0 Å². The molecule has 0 aromatic carbocycles. The van der Waals surface area contributed by atoms with E-state index in [9.17, 15) is 13.2 Å². The van der Waals surface area contributed by atoms with E-state index in [-0.39, 0.29) is 18.1 Å². The predicted molar refractivity (Wildman–Crippen MR) is 51.0 cm³/mol. The fourth-order valence-electron chi connectivity index (χ4n) is 0.864. The number of hydrogen-bond acceptors (Lipinski definition) is 3. The minimum absolute atomic E-state index is 0. The van der Waals surface area contributed by atoms with Crippen molar-refractivity contribution in [3.8, 4) is 5.75 Å². The van der Waals surface area contributed by atoms with Gasteiger partial charge in [-0.05, 0) is 12.1 Å². The summed E-state index contributed by atoms with van der Waals surface area (Å²) < 4.78 is 41.1. The quantitative estimate of drug-likeness (QED) is 0.864. The van der Waals surface area contributed by atoms with Crippen molar-refractivity contribution in [1.29, 1.82) is 0 Å². The lowest BCUT2D eigenvalue weighted by molar-refractivity contribution is -0.150. The van der Waals surface area contributed by atoms with Gasteiger partial charge in [0.2, 0.25) is 0 Å². The Bertz CT molecular complexity index is 302. The van der Waals surface area contributed by atoms with E-state index in [1.54, 1.807) is 0 Å². The lowest BCUT2D eigenvalue weighted by atomic mass is 10.2. The molecule has 1 unspecified atom stereocenters. The molecular weight excluding hydrogens is 233 g/mol. The Morgan fingerprint density at radius 2 is 2.00 bits per heavy atom. The molecule has 0 spiro atoms. The van der Waals surface area contributed by atoms with Gasteiger partial charge in [-0.2, -0.15) is 13.2 Å². The molecule has 0 saturated heterocycles. The maximum Gasteiger partial charge on any atom is 0.409 e. The van der Waals surface area contributed by atoms with E-state index in [4.69, 9.17) is 10.5 Å². The second kappa shape index (κ2) is 5.18. The number of ether oxygens (including phenoxy) is 1. The van der Waals surface area contributed by atoms with Crippen LogP contribution in [0.3, 0.4) is 0 Å². The zero-order valence-electron chi connectivity index (χ0n) is 7.78. The molecule has 0 aliphatic heterocycles. The molecule has 0 saturated carbocycles. The first-order chi connectivity index (χ1) is 6.45. The van der Waals surface area contributed by atoms with Crippen LogP contribution in [0.15, 0.2) is 18.3 Å². The highest BCUT2D eigenvalue weighted by molar-refractivity contribution is 5.85. The van der Waals surface area contributed by atoms with Gasteiger partial charge in [-0.25, -0.2) is 0 Å². The number of rotatable bonds is 2. The second-order valence-corrected chi connectivity index (χ2v) is 2.64. The summed E-state index contributed by atoms with van der Waals surface area (Å²) in [6, 6.07) is 0.527. The van der Waals surface area contributed by atoms with E-state index in [0.717, 1.165) is 0 Å². The SMILES string of the molecule is COc1ccc(C(N)C(F)(F)F)nc1.Cl. The number of alkyl halides is 3. The molecule has 0 radical (unpaired) electrons. The summed E-state index contributed by atoms with van der Waals surface area (Å²) in [5.74, 6) is 0.392. The van der Waals surface area contributed by atoms with Gasteiger partial charge in [0.25, 0.3) is 0 Å². The first kappa shape index (κ1) is 14.0. The van der Waals surface area contributed by atoms with Crippen molar-refractivity contribution < 1.29 is 17.9 Å². The van der Waals surface area contributed by atoms with E-state index in [1.807, 2.05) is 0 Å². The maximum atomic E-state index is 12.1. The molecule has 0 aliphatic rings. The van der Waals surface area contributed by atoms with Crippen LogP contribution in [0.1, 0.15) is 11.7 Å². The number of aromatic nitrogens is 1. The van der Waals surface area contributed by atoms with Crippen LogP contribution in [0.5, 0.6) is 5.75 Å². The summed E-state index contributed by atoms with van der Waals surface area (Å²) in [4.78, 5) is 3.55. The van der Waals surface area contributed by atoms with Gasteiger partial charge in [0.15, 0.2) is 0 Å². The Labute approximate surface area is 90.8 Å². The number of halogens is 4. The summed E-state index contributed by atoms with van der Waals surface area (Å²) in [6.45, 7) is 0. The smallest absolute Gasteiger partial charge is 0.409 e. The molecule has 0 aliphatic carbocycles. The van der Waals surface area contributed by atoms with E-state index in [1.165, 1.54) is 25.4 Å². The van der Waals surface area contributed by atoms with Gasteiger partial charge in [-0.15, -0.1) is 12.4 Å². The Morgan fingerprint density at radius 1 is 1.40 bits per heavy atom. The third-order valence-electron chi connectivity index (χ3n) is 1.67. The van der Waals surface area contributed by atoms with Crippen molar-refractivity contribution >= 4 is 12.4 Å². The van der Waals surface area contributed by atoms with Crippen LogP contribution in [-0.2, 0) is 0 Å². The Hall–Kier alpha value is -1.01. The Balaban J connectivity index is 0.00000196. The van der Waals surface area contributed by atoms with Crippen molar-refractivity contribution in [1.82, 2.24) is 4.98 Å². The molecule has 0 amide bonds. The van der Waals surface area contributed by atoms with Gasteiger partial charge in [-0.1, -0.05) is 0 Å². The van der Waals surface area contributed by atoms with Gasteiger partial charge in [0.1, 0.15) is 11.8 Å². The molecule has 1 atom stereocenters. The minimum Gasteiger partial charge on any atom is -0.495 e. The van der Waals surface area contributed by atoms with E-state index in [0.29, 0.717) is 5.75 Å². The molecule has 15 heavy (non-hydrogen) atoms. The summed E-state index contributed by atoms with van der Waals surface area (Å²) in [6.07, 6.45) is -3.28. The molecule has 2 N–H and O–H groups in total. The largest absolute Gasteiger partial charge is 0.495 e. The van der Waals surface area contributed by atoms with Gasteiger partial charge in [0, 0.05) is 0 Å². The molecule has 1 aromatic rings. The van der Waals surface area contributed by atoms with Crippen LogP contribution < -0.4 is 10.5 Å². The molecule has 0 bridgehead atoms. The fourth-order valence-corrected chi connectivity index (χ4v) is 0.864. The predicted octanol–water partition coefficient (Wildman–Crippen LogP) is 2.07. The van der Waals surface area contributed by atoms with Gasteiger partial charge >= 0.3 is 6.18 Å².